The molecule has 2 amide bonds. The molecule has 48 heavy (non-hydrogen) atoms. The molecule has 0 radical (unpaired) electrons. The fourth-order valence-corrected chi connectivity index (χ4v) is 6.35. The summed E-state index contributed by atoms with van der Waals surface area (Å²) in [6.45, 7) is 3.84. The van der Waals surface area contributed by atoms with Crippen molar-refractivity contribution in [2.45, 2.75) is 25.7 Å². The van der Waals surface area contributed by atoms with Crippen molar-refractivity contribution < 1.29 is 22.4 Å². The molecule has 0 atom stereocenters. The van der Waals surface area contributed by atoms with Crippen LogP contribution in [0.25, 0.3) is 22.3 Å². The third-order valence-electron chi connectivity index (χ3n) is 9.06. The maximum absolute atomic E-state index is 15.1. The Bertz CT molecular complexity index is 1980. The van der Waals surface area contributed by atoms with E-state index < -0.39 is 23.6 Å². The number of likely N-dealkylation sites (N-methyl/N-ethyl adjacent to an activating group) is 1. The number of rotatable bonds is 6. The standard InChI is InChI=1S/C34H35F4N9O/c1-44-9-11-46(12-10-44)19-22-4-6-26(14-28(22)34(36,37)38)42-33(48)47-8-7-21-3-5-25(13-23(21)20-47)41-31-27-15-30(24-16-40-45(2)18-24)43-32(27)39-17-29(31)35/h3-6,13-18H,7-12,19-20H2,1-2H3,(H,42,48)(H2,39,41,43). The molecule has 3 N–H and O–H groups in total. The van der Waals surface area contributed by atoms with E-state index in [0.29, 0.717) is 42.8 Å². The summed E-state index contributed by atoms with van der Waals surface area (Å²) in [5, 5.41) is 10.6. The number of hydrogen-bond donors (Lipinski definition) is 3. The van der Waals surface area contributed by atoms with Gasteiger partial charge in [0.2, 0.25) is 0 Å². The van der Waals surface area contributed by atoms with Crippen LogP contribution in [0.4, 0.5) is 39.4 Å². The summed E-state index contributed by atoms with van der Waals surface area (Å²) in [5.74, 6) is -0.522. The second kappa shape index (κ2) is 12.6. The van der Waals surface area contributed by atoms with Gasteiger partial charge in [-0.25, -0.2) is 14.2 Å². The van der Waals surface area contributed by atoms with Crippen LogP contribution in [0.3, 0.4) is 0 Å². The van der Waals surface area contributed by atoms with Gasteiger partial charge in [-0.15, -0.1) is 0 Å². The van der Waals surface area contributed by atoms with E-state index in [-0.39, 0.29) is 30.0 Å². The van der Waals surface area contributed by atoms with Crippen molar-refractivity contribution in [3.05, 3.63) is 89.1 Å². The molecule has 2 aliphatic rings. The molecule has 2 aromatic carbocycles. The molecule has 250 valence electrons. The first-order valence-electron chi connectivity index (χ1n) is 15.7. The predicted molar refractivity (Wildman–Crippen MR) is 175 cm³/mol. The molecule has 3 aromatic heterocycles. The molecule has 14 heteroatoms. The fraction of sp³-hybridized carbons (Fsp3) is 0.324. The number of pyridine rings is 1. The van der Waals surface area contributed by atoms with Gasteiger partial charge in [-0.2, -0.15) is 18.3 Å². The number of alkyl halides is 3. The summed E-state index contributed by atoms with van der Waals surface area (Å²) < 4.78 is 59.1. The Morgan fingerprint density at radius 2 is 1.75 bits per heavy atom. The Labute approximate surface area is 274 Å². The summed E-state index contributed by atoms with van der Waals surface area (Å²) >= 11 is 0. The Morgan fingerprint density at radius 3 is 2.50 bits per heavy atom. The molecule has 0 spiro atoms. The smallest absolute Gasteiger partial charge is 0.352 e. The molecule has 10 nitrogen and oxygen atoms in total. The number of aromatic nitrogens is 4. The average Bonchev–Trinajstić information content (AvgIpc) is 3.70. The molecule has 5 heterocycles. The van der Waals surface area contributed by atoms with Crippen LogP contribution in [-0.4, -0.2) is 80.3 Å². The van der Waals surface area contributed by atoms with Crippen molar-refractivity contribution in [1.29, 1.82) is 0 Å². The number of anilines is 3. The number of carbonyl (C=O) groups excluding carboxylic acids is 1. The lowest BCUT2D eigenvalue weighted by atomic mass is 9.99. The van der Waals surface area contributed by atoms with E-state index in [1.54, 1.807) is 15.8 Å². The van der Waals surface area contributed by atoms with Gasteiger partial charge in [0, 0.05) is 81.4 Å². The van der Waals surface area contributed by atoms with E-state index in [0.717, 1.165) is 47.7 Å². The number of H-pyrrole nitrogens is 1. The van der Waals surface area contributed by atoms with E-state index in [1.807, 2.05) is 49.5 Å². The van der Waals surface area contributed by atoms with Gasteiger partial charge in [0.25, 0.3) is 0 Å². The summed E-state index contributed by atoms with van der Waals surface area (Å²) in [4.78, 5) is 26.4. The second-order valence-corrected chi connectivity index (χ2v) is 12.5. The van der Waals surface area contributed by atoms with Gasteiger partial charge < -0.3 is 25.4 Å². The van der Waals surface area contributed by atoms with Crippen molar-refractivity contribution in [1.82, 2.24) is 34.4 Å². The summed E-state index contributed by atoms with van der Waals surface area (Å²) in [6, 6.07) is 11.0. The molecule has 1 saturated heterocycles. The summed E-state index contributed by atoms with van der Waals surface area (Å²) in [5.41, 5.74) is 4.41. The molecule has 7 rings (SSSR count). The van der Waals surface area contributed by atoms with Crippen LogP contribution in [0.5, 0.6) is 0 Å². The van der Waals surface area contributed by atoms with Crippen LogP contribution in [0, 0.1) is 5.82 Å². The molecule has 0 unspecified atom stereocenters. The van der Waals surface area contributed by atoms with Gasteiger partial charge in [-0.05, 0) is 60.5 Å². The van der Waals surface area contributed by atoms with E-state index in [9.17, 15) is 18.0 Å². The highest BCUT2D eigenvalue weighted by Gasteiger charge is 2.34. The molecule has 5 aromatic rings. The normalized spacial score (nSPS) is 15.9. The highest BCUT2D eigenvalue weighted by atomic mass is 19.4. The van der Waals surface area contributed by atoms with Crippen LogP contribution in [0.2, 0.25) is 0 Å². The highest BCUT2D eigenvalue weighted by Crippen LogP contribution is 2.36. The van der Waals surface area contributed by atoms with Crippen molar-refractivity contribution in [2.24, 2.45) is 7.05 Å². The van der Waals surface area contributed by atoms with Gasteiger partial charge in [0.05, 0.1) is 29.3 Å². The minimum atomic E-state index is -4.56. The maximum atomic E-state index is 15.1. The number of aromatic amines is 1. The molecular weight excluding hydrogens is 626 g/mol. The van der Waals surface area contributed by atoms with Crippen molar-refractivity contribution >= 4 is 34.1 Å². The van der Waals surface area contributed by atoms with Gasteiger partial charge in [-0.1, -0.05) is 12.1 Å². The molecule has 2 aliphatic heterocycles. The number of nitrogens with zero attached hydrogens (tertiary/aromatic N) is 6. The van der Waals surface area contributed by atoms with Crippen LogP contribution in [0.15, 0.2) is 61.1 Å². The van der Waals surface area contributed by atoms with Gasteiger partial charge in [-0.3, -0.25) is 9.58 Å². The number of piperazine rings is 1. The second-order valence-electron chi connectivity index (χ2n) is 12.5. The van der Waals surface area contributed by atoms with Crippen LogP contribution in [0.1, 0.15) is 22.3 Å². The minimum Gasteiger partial charge on any atom is -0.352 e. The molecule has 0 aliphatic carbocycles. The predicted octanol–water partition coefficient (Wildman–Crippen LogP) is 6.20. The zero-order chi connectivity index (χ0) is 33.6. The van der Waals surface area contributed by atoms with E-state index >= 15 is 4.39 Å². The Hall–Kier alpha value is -4.95. The molecule has 0 saturated carbocycles. The molecule has 0 bridgehead atoms. The largest absolute Gasteiger partial charge is 0.416 e. The topological polar surface area (TPSA) is 97.3 Å². The number of benzene rings is 2. The lowest BCUT2D eigenvalue weighted by molar-refractivity contribution is -0.138. The number of urea groups is 1. The van der Waals surface area contributed by atoms with Gasteiger partial charge >= 0.3 is 12.2 Å². The number of aryl methyl sites for hydroxylation is 1. The van der Waals surface area contributed by atoms with Gasteiger partial charge in [0.15, 0.2) is 5.82 Å². The zero-order valence-corrected chi connectivity index (χ0v) is 26.5. The number of amides is 2. The molecule has 1 fully saturated rings. The molecular formula is C34H35F4N9O. The fourth-order valence-electron chi connectivity index (χ4n) is 6.35. The number of nitrogens with one attached hydrogen (secondary N) is 3. The lowest BCUT2D eigenvalue weighted by Gasteiger charge is -2.33. The first-order chi connectivity index (χ1) is 23.0. The van der Waals surface area contributed by atoms with E-state index in [1.165, 1.54) is 12.1 Å². The van der Waals surface area contributed by atoms with E-state index in [2.05, 4.69) is 30.6 Å². The van der Waals surface area contributed by atoms with Gasteiger partial charge in [0.1, 0.15) is 5.65 Å². The van der Waals surface area contributed by atoms with Crippen LogP contribution < -0.4 is 10.6 Å². The quantitative estimate of drug-likeness (QED) is 0.188. The summed E-state index contributed by atoms with van der Waals surface area (Å²) in [7, 11) is 3.81. The highest BCUT2D eigenvalue weighted by molar-refractivity contribution is 5.95. The number of fused-ring (bicyclic) bond motifs is 2. The zero-order valence-electron chi connectivity index (χ0n) is 26.5. The monoisotopic (exact) mass is 661 g/mol. The van der Waals surface area contributed by atoms with Crippen molar-refractivity contribution in [3.8, 4) is 11.3 Å². The van der Waals surface area contributed by atoms with Crippen molar-refractivity contribution in [3.63, 3.8) is 0 Å². The first kappa shape index (κ1) is 31.6. The SMILES string of the molecule is CN1CCN(Cc2ccc(NC(=O)N3CCc4ccc(Nc5c(F)cnc6[nH]c(-c7cnn(C)c7)cc56)cc4C3)cc2C(F)(F)F)CC1. The third-order valence-corrected chi connectivity index (χ3v) is 9.06. The Kier molecular flexibility index (Phi) is 8.29. The third kappa shape index (κ3) is 6.58. The number of halogens is 4. The Balaban J connectivity index is 1.06. The Morgan fingerprint density at radius 1 is 0.958 bits per heavy atom. The van der Waals surface area contributed by atoms with Crippen molar-refractivity contribution in [2.75, 3.05) is 50.4 Å². The van der Waals surface area contributed by atoms with Crippen LogP contribution >= 0.6 is 0 Å². The average molecular weight is 662 g/mol. The summed E-state index contributed by atoms with van der Waals surface area (Å²) in [6.07, 6.45) is 0.720. The lowest BCUT2D eigenvalue weighted by Crippen LogP contribution is -2.44. The first-order valence-corrected chi connectivity index (χ1v) is 15.7. The maximum Gasteiger partial charge on any atom is 0.416 e. The minimum absolute atomic E-state index is 0.0880. The van der Waals surface area contributed by atoms with Crippen LogP contribution in [-0.2, 0) is 32.7 Å². The number of carbonyl (C=O) groups is 1. The van der Waals surface area contributed by atoms with E-state index in [4.69, 9.17) is 0 Å². The number of hydrogen-bond acceptors (Lipinski definition) is 6.